The molecule has 0 N–H and O–H groups in total. The number of aryl methyl sites for hydroxylation is 2. The number of aromatic nitrogens is 2. The number of esters is 1. The van der Waals surface area contributed by atoms with Crippen molar-refractivity contribution in [1.29, 1.82) is 0 Å². The molecule has 1 aromatic heterocycles. The number of benzene rings is 2. The predicted octanol–water partition coefficient (Wildman–Crippen LogP) is 4.37. The highest BCUT2D eigenvalue weighted by Crippen LogP contribution is 2.38. The fourth-order valence-corrected chi connectivity index (χ4v) is 6.33. The van der Waals surface area contributed by atoms with Crippen LogP contribution in [-0.4, -0.2) is 44.1 Å². The second kappa shape index (κ2) is 11.1. The molecule has 0 aliphatic carbocycles. The van der Waals surface area contributed by atoms with E-state index in [2.05, 4.69) is 23.0 Å². The molecule has 2 heterocycles. The molecule has 3 aromatic rings. The van der Waals surface area contributed by atoms with Crippen molar-refractivity contribution in [3.05, 3.63) is 77.4 Å². The van der Waals surface area contributed by atoms with Crippen molar-refractivity contribution in [2.45, 2.75) is 56.9 Å². The van der Waals surface area contributed by atoms with E-state index in [0.29, 0.717) is 18.5 Å². The molecule has 0 fully saturated rings. The van der Waals surface area contributed by atoms with Gasteiger partial charge < -0.3 is 9.47 Å². The molecule has 0 saturated heterocycles. The summed E-state index contributed by atoms with van der Waals surface area (Å²) in [5, 5.41) is 0. The van der Waals surface area contributed by atoms with E-state index >= 15 is 0 Å². The van der Waals surface area contributed by atoms with Gasteiger partial charge in [0.05, 0.1) is 30.0 Å². The van der Waals surface area contributed by atoms with E-state index in [-0.39, 0.29) is 28.9 Å². The highest BCUT2D eigenvalue weighted by Gasteiger charge is 2.36. The number of ether oxygens (including phenoxy) is 2. The smallest absolute Gasteiger partial charge is 0.341 e. The Balaban J connectivity index is 1.67. The van der Waals surface area contributed by atoms with E-state index in [1.807, 2.05) is 19.1 Å². The van der Waals surface area contributed by atoms with Crippen molar-refractivity contribution in [2.75, 3.05) is 18.0 Å². The maximum absolute atomic E-state index is 14.0. The molecular weight excluding hydrogens is 478 g/mol. The largest absolute Gasteiger partial charge is 0.492 e. The van der Waals surface area contributed by atoms with E-state index in [4.69, 9.17) is 9.47 Å². The van der Waals surface area contributed by atoms with Crippen molar-refractivity contribution >= 4 is 21.7 Å². The average Bonchev–Trinajstić information content (AvgIpc) is 2.92. The summed E-state index contributed by atoms with van der Waals surface area (Å²) in [6.07, 6.45) is 8.45. The van der Waals surface area contributed by atoms with Gasteiger partial charge in [0.15, 0.2) is 0 Å². The Morgan fingerprint density at radius 2 is 1.97 bits per heavy atom. The van der Waals surface area contributed by atoms with Crippen LogP contribution in [0.15, 0.2) is 59.9 Å². The van der Waals surface area contributed by atoms with Crippen LogP contribution in [0.1, 0.15) is 53.9 Å². The van der Waals surface area contributed by atoms with Gasteiger partial charge in [0, 0.05) is 31.1 Å². The first kappa shape index (κ1) is 25.6. The van der Waals surface area contributed by atoms with Crippen LogP contribution in [0.5, 0.6) is 5.75 Å². The quantitative estimate of drug-likeness (QED) is 0.395. The van der Waals surface area contributed by atoms with Crippen molar-refractivity contribution in [2.24, 2.45) is 0 Å². The van der Waals surface area contributed by atoms with Gasteiger partial charge in [-0.25, -0.2) is 13.2 Å². The molecule has 0 spiro atoms. The number of fused-ring (bicyclic) bond motifs is 1. The first-order chi connectivity index (χ1) is 17.4. The van der Waals surface area contributed by atoms with Crippen LogP contribution >= 0.6 is 0 Å². The van der Waals surface area contributed by atoms with Crippen LogP contribution in [0, 0.1) is 0 Å². The molecule has 0 saturated carbocycles. The monoisotopic (exact) mass is 509 g/mol. The molecule has 0 amide bonds. The number of sulfonamides is 1. The van der Waals surface area contributed by atoms with Gasteiger partial charge in [-0.2, -0.15) is 0 Å². The molecule has 190 valence electrons. The molecule has 4 rings (SSSR count). The zero-order chi connectivity index (χ0) is 25.7. The summed E-state index contributed by atoms with van der Waals surface area (Å²) in [4.78, 5) is 20.8. The first-order valence-electron chi connectivity index (χ1n) is 12.1. The zero-order valence-corrected chi connectivity index (χ0v) is 21.6. The number of carbonyl (C=O) groups excluding carboxylic acids is 1. The minimum atomic E-state index is -3.95. The third-order valence-electron chi connectivity index (χ3n) is 6.48. The molecule has 1 atom stereocenters. The fraction of sp³-hybridized carbons (Fsp3) is 0.370. The van der Waals surface area contributed by atoms with Crippen molar-refractivity contribution in [3.8, 4) is 5.75 Å². The van der Waals surface area contributed by atoms with Crippen LogP contribution < -0.4 is 9.04 Å². The van der Waals surface area contributed by atoms with Crippen molar-refractivity contribution in [3.63, 3.8) is 0 Å². The molecule has 9 heteroatoms. The Morgan fingerprint density at radius 1 is 1.14 bits per heavy atom. The zero-order valence-electron chi connectivity index (χ0n) is 20.8. The summed E-state index contributed by atoms with van der Waals surface area (Å²) < 4.78 is 40.2. The lowest BCUT2D eigenvalue weighted by molar-refractivity contribution is 0.0595. The van der Waals surface area contributed by atoms with Gasteiger partial charge in [-0.05, 0) is 61.1 Å². The number of carbonyl (C=O) groups is 1. The topological polar surface area (TPSA) is 98.7 Å². The van der Waals surface area contributed by atoms with Gasteiger partial charge in [0.25, 0.3) is 10.0 Å². The molecule has 8 nitrogen and oxygen atoms in total. The molecular formula is C27H31N3O5S. The number of methoxy groups -OCH3 is 1. The Labute approximate surface area is 212 Å². The summed E-state index contributed by atoms with van der Waals surface area (Å²) >= 11 is 0. The summed E-state index contributed by atoms with van der Waals surface area (Å²) in [6, 6.07) is 10.2. The van der Waals surface area contributed by atoms with Gasteiger partial charge in [-0.15, -0.1) is 0 Å². The Kier molecular flexibility index (Phi) is 7.88. The van der Waals surface area contributed by atoms with Gasteiger partial charge >= 0.3 is 5.97 Å². The highest BCUT2D eigenvalue weighted by atomic mass is 32.2. The third-order valence-corrected chi connectivity index (χ3v) is 8.35. The molecule has 0 radical (unpaired) electrons. The molecule has 0 bridgehead atoms. The summed E-state index contributed by atoms with van der Waals surface area (Å²) in [7, 11) is -2.69. The lowest BCUT2D eigenvalue weighted by Crippen LogP contribution is -2.43. The number of anilines is 1. The van der Waals surface area contributed by atoms with Crippen molar-refractivity contribution in [1.82, 2.24) is 9.97 Å². The van der Waals surface area contributed by atoms with Crippen LogP contribution in [0.25, 0.3) is 0 Å². The molecule has 36 heavy (non-hydrogen) atoms. The number of nitrogens with zero attached hydrogens (tertiary/aromatic N) is 3. The third kappa shape index (κ3) is 5.21. The minimum Gasteiger partial charge on any atom is -0.492 e. The lowest BCUT2D eigenvalue weighted by atomic mass is 9.94. The van der Waals surface area contributed by atoms with Crippen LogP contribution in [0.3, 0.4) is 0 Å². The van der Waals surface area contributed by atoms with Crippen LogP contribution in [0.2, 0.25) is 0 Å². The number of hydrogen-bond acceptors (Lipinski definition) is 7. The van der Waals surface area contributed by atoms with Crippen LogP contribution in [0.4, 0.5) is 5.69 Å². The Morgan fingerprint density at radius 3 is 2.67 bits per heavy atom. The second-order valence-corrected chi connectivity index (χ2v) is 10.5. The fourth-order valence-electron chi connectivity index (χ4n) is 4.51. The van der Waals surface area contributed by atoms with E-state index in [9.17, 15) is 13.2 Å². The number of hydrogen-bond donors (Lipinski definition) is 0. The second-order valence-electron chi connectivity index (χ2n) is 8.66. The molecule has 1 aliphatic heterocycles. The van der Waals surface area contributed by atoms with E-state index in [1.165, 1.54) is 35.2 Å². The highest BCUT2D eigenvalue weighted by molar-refractivity contribution is 7.92. The number of rotatable bonds is 9. The lowest BCUT2D eigenvalue weighted by Gasteiger charge is -2.37. The SMILES string of the molecule is CCc1ccc2c(c1)CCC(CC)N2S(=O)(=O)c1ccc(OCCc2cnccn2)c(C(=O)OC)c1. The molecule has 2 aromatic carbocycles. The summed E-state index contributed by atoms with van der Waals surface area (Å²) in [5.41, 5.74) is 3.72. The predicted molar refractivity (Wildman–Crippen MR) is 137 cm³/mol. The van der Waals surface area contributed by atoms with E-state index in [0.717, 1.165) is 30.5 Å². The summed E-state index contributed by atoms with van der Waals surface area (Å²) in [5.74, 6) is -0.413. The Hall–Kier alpha value is -3.46. The van der Waals surface area contributed by atoms with E-state index < -0.39 is 16.0 Å². The molecule has 1 unspecified atom stereocenters. The Bertz CT molecular complexity index is 1330. The summed E-state index contributed by atoms with van der Waals surface area (Å²) in [6.45, 7) is 4.32. The first-order valence-corrected chi connectivity index (χ1v) is 13.6. The molecule has 1 aliphatic rings. The maximum Gasteiger partial charge on any atom is 0.341 e. The minimum absolute atomic E-state index is 0.0232. The van der Waals surface area contributed by atoms with Gasteiger partial charge in [-0.3, -0.25) is 14.3 Å². The van der Waals surface area contributed by atoms with Crippen molar-refractivity contribution < 1.29 is 22.7 Å². The van der Waals surface area contributed by atoms with Crippen LogP contribution in [-0.2, 0) is 34.0 Å². The average molecular weight is 510 g/mol. The van der Waals surface area contributed by atoms with Gasteiger partial charge in [-0.1, -0.05) is 26.0 Å². The van der Waals surface area contributed by atoms with Gasteiger partial charge in [0.1, 0.15) is 11.3 Å². The standard InChI is InChI=1S/C27H31N3O5S/c1-4-19-6-10-25-20(16-19)7-8-22(5-2)30(25)36(32,33)23-9-11-26(24(17-23)27(31)34-3)35-15-12-21-18-28-13-14-29-21/h6,9-11,13-14,16-18,22H,4-5,7-8,12,15H2,1-3H3. The van der Waals surface area contributed by atoms with E-state index in [1.54, 1.807) is 18.6 Å². The normalized spacial score (nSPS) is 15.3. The van der Waals surface area contributed by atoms with Gasteiger partial charge in [0.2, 0.25) is 0 Å². The maximum atomic E-state index is 14.0.